The summed E-state index contributed by atoms with van der Waals surface area (Å²) >= 11 is 0. The van der Waals surface area contributed by atoms with Crippen LogP contribution in [0.1, 0.15) is 24.2 Å². The maximum Gasteiger partial charge on any atom is 0.389 e. The summed E-state index contributed by atoms with van der Waals surface area (Å²) in [6, 6.07) is 0. The molecule has 0 saturated carbocycles. The molecule has 0 saturated heterocycles. The van der Waals surface area contributed by atoms with E-state index in [0.29, 0.717) is 11.4 Å². The van der Waals surface area contributed by atoms with Gasteiger partial charge in [-0.15, -0.1) is 0 Å². The van der Waals surface area contributed by atoms with E-state index in [4.69, 9.17) is 0 Å². The van der Waals surface area contributed by atoms with Crippen molar-refractivity contribution in [3.05, 3.63) is 11.4 Å². The Morgan fingerprint density at radius 1 is 1.31 bits per heavy atom. The van der Waals surface area contributed by atoms with Crippen LogP contribution < -0.4 is 0 Å². The van der Waals surface area contributed by atoms with E-state index in [1.165, 1.54) is 0 Å². The molecule has 0 radical (unpaired) electrons. The van der Waals surface area contributed by atoms with Gasteiger partial charge in [-0.1, -0.05) is 10.3 Å². The molecule has 0 unspecified atom stereocenters. The van der Waals surface area contributed by atoms with Crippen molar-refractivity contribution < 1.29 is 17.8 Å². The van der Waals surface area contributed by atoms with Gasteiger partial charge in [0, 0.05) is 6.42 Å². The van der Waals surface area contributed by atoms with E-state index in [0.717, 1.165) is 0 Å². The molecule has 6 heteroatoms. The number of rotatable bonds is 3. The Labute approximate surface area is 72.9 Å². The van der Waals surface area contributed by atoms with Gasteiger partial charge in [0.1, 0.15) is 11.4 Å². The van der Waals surface area contributed by atoms with E-state index in [9.17, 15) is 13.2 Å². The predicted molar refractivity (Wildman–Crippen MR) is 38.0 cm³/mol. The van der Waals surface area contributed by atoms with Gasteiger partial charge in [0.15, 0.2) is 0 Å². The van der Waals surface area contributed by atoms with Gasteiger partial charge in [0.2, 0.25) is 0 Å². The number of halogens is 3. The molecule has 0 aromatic carbocycles. The maximum absolute atomic E-state index is 11.7. The molecule has 0 bridgehead atoms. The molecule has 0 amide bonds. The highest BCUT2D eigenvalue weighted by Crippen LogP contribution is 2.22. The van der Waals surface area contributed by atoms with Crippen LogP contribution in [0.2, 0.25) is 0 Å². The van der Waals surface area contributed by atoms with Crippen molar-refractivity contribution in [2.45, 2.75) is 32.4 Å². The number of aromatic nitrogens is 2. The van der Waals surface area contributed by atoms with Gasteiger partial charge in [-0.25, -0.2) is 4.63 Å². The van der Waals surface area contributed by atoms with Crippen LogP contribution in [0.4, 0.5) is 13.2 Å². The summed E-state index contributed by atoms with van der Waals surface area (Å²) in [4.78, 5) is 0. The summed E-state index contributed by atoms with van der Waals surface area (Å²) in [5.41, 5.74) is 1.06. The van der Waals surface area contributed by atoms with Crippen LogP contribution in [0.25, 0.3) is 0 Å². The topological polar surface area (TPSA) is 38.9 Å². The summed E-state index contributed by atoms with van der Waals surface area (Å²) in [6.07, 6.45) is -4.60. The second-order valence-corrected chi connectivity index (χ2v) is 2.77. The summed E-state index contributed by atoms with van der Waals surface area (Å²) < 4.78 is 39.5. The zero-order chi connectivity index (χ0) is 9.90. The van der Waals surface area contributed by atoms with Gasteiger partial charge >= 0.3 is 6.18 Å². The first-order valence-corrected chi connectivity index (χ1v) is 3.84. The van der Waals surface area contributed by atoms with Gasteiger partial charge in [-0.2, -0.15) is 13.2 Å². The second-order valence-electron chi connectivity index (χ2n) is 2.77. The van der Waals surface area contributed by atoms with E-state index in [1.54, 1.807) is 6.92 Å². The molecule has 0 fully saturated rings. The van der Waals surface area contributed by atoms with Crippen molar-refractivity contribution in [1.29, 1.82) is 0 Å². The number of hydrogen-bond donors (Lipinski definition) is 0. The summed E-state index contributed by atoms with van der Waals surface area (Å²) in [5.74, 6) is 0. The highest BCUT2D eigenvalue weighted by molar-refractivity contribution is 5.04. The van der Waals surface area contributed by atoms with Crippen molar-refractivity contribution in [1.82, 2.24) is 10.3 Å². The average Bonchev–Trinajstić information content (AvgIpc) is 2.34. The lowest BCUT2D eigenvalue weighted by atomic mass is 10.1. The number of nitrogens with zero attached hydrogens (tertiary/aromatic N) is 2. The summed E-state index contributed by atoms with van der Waals surface area (Å²) in [6.45, 7) is 1.65. The van der Waals surface area contributed by atoms with Gasteiger partial charge < -0.3 is 0 Å². The monoisotopic (exact) mass is 194 g/mol. The molecule has 0 spiro atoms. The zero-order valence-electron chi connectivity index (χ0n) is 7.06. The van der Waals surface area contributed by atoms with Crippen LogP contribution in [0.15, 0.2) is 4.63 Å². The molecule has 0 atom stereocenters. The fourth-order valence-corrected chi connectivity index (χ4v) is 0.932. The van der Waals surface area contributed by atoms with Gasteiger partial charge in [-0.05, 0) is 19.8 Å². The van der Waals surface area contributed by atoms with Crippen LogP contribution >= 0.6 is 0 Å². The highest BCUT2D eigenvalue weighted by Gasteiger charge is 2.26. The van der Waals surface area contributed by atoms with E-state index in [2.05, 4.69) is 14.9 Å². The zero-order valence-corrected chi connectivity index (χ0v) is 7.06. The summed E-state index contributed by atoms with van der Waals surface area (Å²) in [5, 5.41) is 6.95. The summed E-state index contributed by atoms with van der Waals surface area (Å²) in [7, 11) is 0. The molecule has 13 heavy (non-hydrogen) atoms. The number of hydrogen-bond acceptors (Lipinski definition) is 3. The fraction of sp³-hybridized carbons (Fsp3) is 0.714. The third kappa shape index (κ3) is 3.43. The minimum absolute atomic E-state index is 0.0263. The first-order valence-electron chi connectivity index (χ1n) is 3.84. The minimum atomic E-state index is -4.09. The fourth-order valence-electron chi connectivity index (χ4n) is 0.932. The number of aryl methyl sites for hydroxylation is 2. The quantitative estimate of drug-likeness (QED) is 0.740. The Kier molecular flexibility index (Phi) is 2.90. The van der Waals surface area contributed by atoms with Gasteiger partial charge in [0.25, 0.3) is 0 Å². The minimum Gasteiger partial charge on any atom is -0.244 e. The smallest absolute Gasteiger partial charge is 0.244 e. The molecule has 0 aliphatic carbocycles. The Hall–Kier alpha value is -1.07. The molecule has 74 valence electrons. The molecule has 0 aliphatic heterocycles. The normalized spacial score (nSPS) is 12.0. The Balaban J connectivity index is 2.32. The predicted octanol–water partition coefficient (Wildman–Crippen LogP) is 2.26. The average molecular weight is 194 g/mol. The molecule has 0 N–H and O–H groups in total. The standard InChI is InChI=1S/C7H9F3N2O/c1-5-6(12-13-11-5)3-2-4-7(8,9)10/h2-4H2,1H3. The SMILES string of the molecule is Cc1nonc1CCCC(F)(F)F. The molecule has 1 aromatic heterocycles. The molecule has 3 nitrogen and oxygen atoms in total. The molecule has 0 aliphatic rings. The molecular weight excluding hydrogens is 185 g/mol. The van der Waals surface area contributed by atoms with Gasteiger partial charge in [-0.3, -0.25) is 0 Å². The van der Waals surface area contributed by atoms with Gasteiger partial charge in [0.05, 0.1) is 0 Å². The van der Waals surface area contributed by atoms with Crippen LogP contribution in [-0.2, 0) is 6.42 Å². The van der Waals surface area contributed by atoms with E-state index in [1.807, 2.05) is 0 Å². The Morgan fingerprint density at radius 3 is 2.46 bits per heavy atom. The van der Waals surface area contributed by atoms with E-state index in [-0.39, 0.29) is 12.8 Å². The third-order valence-corrected chi connectivity index (χ3v) is 1.62. The second kappa shape index (κ2) is 3.76. The maximum atomic E-state index is 11.7. The largest absolute Gasteiger partial charge is 0.389 e. The number of alkyl halides is 3. The van der Waals surface area contributed by atoms with E-state index < -0.39 is 12.6 Å². The van der Waals surface area contributed by atoms with Crippen molar-refractivity contribution in [3.63, 3.8) is 0 Å². The van der Waals surface area contributed by atoms with E-state index >= 15 is 0 Å². The van der Waals surface area contributed by atoms with Crippen LogP contribution in [-0.4, -0.2) is 16.5 Å². The van der Waals surface area contributed by atoms with Crippen molar-refractivity contribution in [2.75, 3.05) is 0 Å². The Bertz CT molecular complexity index is 269. The highest BCUT2D eigenvalue weighted by atomic mass is 19.4. The first kappa shape index (κ1) is 10.0. The molecule has 1 heterocycles. The molecule has 1 rings (SSSR count). The molecular formula is C7H9F3N2O. The van der Waals surface area contributed by atoms with Crippen LogP contribution in [0.3, 0.4) is 0 Å². The first-order chi connectivity index (χ1) is 5.99. The lowest BCUT2D eigenvalue weighted by Crippen LogP contribution is -2.07. The van der Waals surface area contributed by atoms with Crippen LogP contribution in [0.5, 0.6) is 0 Å². The Morgan fingerprint density at radius 2 is 2.00 bits per heavy atom. The van der Waals surface area contributed by atoms with Crippen molar-refractivity contribution in [2.24, 2.45) is 0 Å². The van der Waals surface area contributed by atoms with Crippen molar-refractivity contribution in [3.8, 4) is 0 Å². The van der Waals surface area contributed by atoms with Crippen LogP contribution in [0, 0.1) is 6.92 Å². The lowest BCUT2D eigenvalue weighted by molar-refractivity contribution is -0.135. The third-order valence-electron chi connectivity index (χ3n) is 1.62. The lowest BCUT2D eigenvalue weighted by Gasteiger charge is -2.03. The molecule has 1 aromatic rings. The van der Waals surface area contributed by atoms with Crippen molar-refractivity contribution >= 4 is 0 Å².